The predicted octanol–water partition coefficient (Wildman–Crippen LogP) is 2.56. The Kier molecular flexibility index (Phi) is 4.91. The van der Waals surface area contributed by atoms with Crippen molar-refractivity contribution in [2.75, 3.05) is 37.3 Å². The average Bonchev–Trinajstić information content (AvgIpc) is 3.23. The molecule has 19 heavy (non-hydrogen) atoms. The highest BCUT2D eigenvalue weighted by atomic mass is 16.5. The second-order valence-electron chi connectivity index (χ2n) is 4.97. The standard InChI is InChI=1S/C15H25N3O/c1-3-18(13-6-7-13)10-9-17-12-5-8-14(16)15(11-12)19-4-2/h5,8,11,13,17H,3-4,6-7,9-10,16H2,1-2H3. The molecule has 106 valence electrons. The van der Waals surface area contributed by atoms with E-state index in [1.54, 1.807) is 0 Å². The Bertz CT molecular complexity index is 404. The summed E-state index contributed by atoms with van der Waals surface area (Å²) in [7, 11) is 0. The van der Waals surface area contributed by atoms with Crippen molar-refractivity contribution >= 4 is 11.4 Å². The molecule has 0 atom stereocenters. The van der Waals surface area contributed by atoms with Gasteiger partial charge in [0.25, 0.3) is 0 Å². The van der Waals surface area contributed by atoms with Crippen molar-refractivity contribution in [3.05, 3.63) is 18.2 Å². The molecular weight excluding hydrogens is 238 g/mol. The van der Waals surface area contributed by atoms with Gasteiger partial charge in [-0.25, -0.2) is 0 Å². The van der Waals surface area contributed by atoms with Crippen LogP contribution in [0.5, 0.6) is 5.75 Å². The Balaban J connectivity index is 1.83. The summed E-state index contributed by atoms with van der Waals surface area (Å²) in [6.45, 7) is 8.02. The first kappa shape index (κ1) is 14.0. The molecular formula is C15H25N3O. The van der Waals surface area contributed by atoms with Crippen molar-refractivity contribution in [3.63, 3.8) is 0 Å². The van der Waals surface area contributed by atoms with Crippen LogP contribution < -0.4 is 15.8 Å². The highest BCUT2D eigenvalue weighted by molar-refractivity contribution is 5.61. The lowest BCUT2D eigenvalue weighted by Gasteiger charge is -2.20. The van der Waals surface area contributed by atoms with E-state index in [4.69, 9.17) is 10.5 Å². The van der Waals surface area contributed by atoms with Gasteiger partial charge in [0.05, 0.1) is 12.3 Å². The Morgan fingerprint density at radius 3 is 2.79 bits per heavy atom. The van der Waals surface area contributed by atoms with Gasteiger partial charge in [0.2, 0.25) is 0 Å². The molecule has 1 aromatic carbocycles. The quantitative estimate of drug-likeness (QED) is 0.708. The fraction of sp³-hybridized carbons (Fsp3) is 0.600. The van der Waals surface area contributed by atoms with Gasteiger partial charge in [-0.1, -0.05) is 6.92 Å². The van der Waals surface area contributed by atoms with Gasteiger partial charge in [0.1, 0.15) is 5.75 Å². The predicted molar refractivity (Wildman–Crippen MR) is 80.8 cm³/mol. The molecule has 0 bridgehead atoms. The molecule has 0 amide bonds. The Labute approximate surface area is 115 Å². The fourth-order valence-electron chi connectivity index (χ4n) is 2.31. The topological polar surface area (TPSA) is 50.5 Å². The molecule has 0 aromatic heterocycles. The zero-order valence-corrected chi connectivity index (χ0v) is 12.0. The van der Waals surface area contributed by atoms with Crippen LogP contribution in [0.1, 0.15) is 26.7 Å². The molecule has 1 saturated carbocycles. The number of rotatable bonds is 8. The third kappa shape index (κ3) is 4.03. The molecule has 2 rings (SSSR count). The molecule has 4 nitrogen and oxygen atoms in total. The van der Waals surface area contributed by atoms with E-state index in [1.807, 2.05) is 25.1 Å². The van der Waals surface area contributed by atoms with Crippen LogP contribution in [-0.4, -0.2) is 37.2 Å². The van der Waals surface area contributed by atoms with Crippen LogP contribution in [0.25, 0.3) is 0 Å². The third-order valence-corrected chi connectivity index (χ3v) is 3.51. The Morgan fingerprint density at radius 2 is 2.16 bits per heavy atom. The monoisotopic (exact) mass is 263 g/mol. The normalized spacial score (nSPS) is 14.7. The summed E-state index contributed by atoms with van der Waals surface area (Å²) in [5, 5.41) is 3.44. The second-order valence-corrected chi connectivity index (χ2v) is 4.97. The maximum absolute atomic E-state index is 5.86. The third-order valence-electron chi connectivity index (χ3n) is 3.51. The van der Waals surface area contributed by atoms with Gasteiger partial charge in [-0.05, 0) is 38.4 Å². The number of anilines is 2. The smallest absolute Gasteiger partial charge is 0.144 e. The lowest BCUT2D eigenvalue weighted by Crippen LogP contribution is -2.30. The zero-order valence-electron chi connectivity index (χ0n) is 12.0. The number of nitrogen functional groups attached to an aromatic ring is 1. The van der Waals surface area contributed by atoms with Gasteiger partial charge in [-0.3, -0.25) is 4.90 Å². The molecule has 0 saturated heterocycles. The lowest BCUT2D eigenvalue weighted by molar-refractivity contribution is 0.289. The Hall–Kier alpha value is -1.42. The van der Waals surface area contributed by atoms with Gasteiger partial charge in [0, 0.05) is 30.9 Å². The van der Waals surface area contributed by atoms with Crippen LogP contribution in [0.3, 0.4) is 0 Å². The number of ether oxygens (including phenoxy) is 1. The molecule has 1 fully saturated rings. The maximum Gasteiger partial charge on any atom is 0.144 e. The minimum atomic E-state index is 0.638. The molecule has 0 spiro atoms. The number of nitrogens with two attached hydrogens (primary N) is 1. The molecule has 3 N–H and O–H groups in total. The largest absolute Gasteiger partial charge is 0.492 e. The number of hydrogen-bond acceptors (Lipinski definition) is 4. The molecule has 1 aliphatic carbocycles. The number of nitrogens with zero attached hydrogens (tertiary/aromatic N) is 1. The molecule has 0 aliphatic heterocycles. The molecule has 0 heterocycles. The van der Waals surface area contributed by atoms with E-state index in [0.29, 0.717) is 12.3 Å². The van der Waals surface area contributed by atoms with Crippen LogP contribution in [0, 0.1) is 0 Å². The summed E-state index contributed by atoms with van der Waals surface area (Å²) in [6, 6.07) is 6.71. The summed E-state index contributed by atoms with van der Waals surface area (Å²) in [5.41, 5.74) is 7.63. The summed E-state index contributed by atoms with van der Waals surface area (Å²) < 4.78 is 5.50. The van der Waals surface area contributed by atoms with Crippen molar-refractivity contribution in [1.82, 2.24) is 4.90 Å². The van der Waals surface area contributed by atoms with E-state index in [-0.39, 0.29) is 0 Å². The van der Waals surface area contributed by atoms with E-state index in [1.165, 1.54) is 12.8 Å². The summed E-state index contributed by atoms with van der Waals surface area (Å²) in [6.07, 6.45) is 2.73. The molecule has 4 heteroatoms. The van der Waals surface area contributed by atoms with Crippen LogP contribution in [-0.2, 0) is 0 Å². The SMILES string of the molecule is CCOc1cc(NCCN(CC)C2CC2)ccc1N. The van der Waals surface area contributed by atoms with Crippen molar-refractivity contribution < 1.29 is 4.74 Å². The van der Waals surface area contributed by atoms with E-state index in [0.717, 1.165) is 37.1 Å². The van der Waals surface area contributed by atoms with Crippen LogP contribution in [0.4, 0.5) is 11.4 Å². The van der Waals surface area contributed by atoms with Crippen LogP contribution in [0.2, 0.25) is 0 Å². The first-order valence-electron chi connectivity index (χ1n) is 7.24. The Morgan fingerprint density at radius 1 is 1.37 bits per heavy atom. The van der Waals surface area contributed by atoms with Crippen molar-refractivity contribution in [2.45, 2.75) is 32.7 Å². The minimum Gasteiger partial charge on any atom is -0.492 e. The van der Waals surface area contributed by atoms with Crippen molar-refractivity contribution in [2.24, 2.45) is 0 Å². The maximum atomic E-state index is 5.86. The van der Waals surface area contributed by atoms with E-state index < -0.39 is 0 Å². The number of nitrogens with one attached hydrogen (secondary N) is 1. The highest BCUT2D eigenvalue weighted by Crippen LogP contribution is 2.27. The van der Waals surface area contributed by atoms with Gasteiger partial charge in [0.15, 0.2) is 0 Å². The average molecular weight is 263 g/mol. The molecule has 1 aliphatic rings. The van der Waals surface area contributed by atoms with E-state index in [9.17, 15) is 0 Å². The van der Waals surface area contributed by atoms with Crippen LogP contribution >= 0.6 is 0 Å². The number of likely N-dealkylation sites (N-methyl/N-ethyl adjacent to an activating group) is 1. The van der Waals surface area contributed by atoms with Gasteiger partial charge < -0.3 is 15.8 Å². The summed E-state index contributed by atoms with van der Waals surface area (Å²) >= 11 is 0. The lowest BCUT2D eigenvalue weighted by atomic mass is 10.2. The summed E-state index contributed by atoms with van der Waals surface area (Å²) in [4.78, 5) is 2.54. The molecule has 0 unspecified atom stereocenters. The highest BCUT2D eigenvalue weighted by Gasteiger charge is 2.26. The van der Waals surface area contributed by atoms with Gasteiger partial charge in [-0.15, -0.1) is 0 Å². The van der Waals surface area contributed by atoms with Crippen LogP contribution in [0.15, 0.2) is 18.2 Å². The van der Waals surface area contributed by atoms with Crippen molar-refractivity contribution in [3.8, 4) is 5.75 Å². The molecule has 0 radical (unpaired) electrons. The molecule has 1 aromatic rings. The first-order chi connectivity index (χ1) is 9.24. The van der Waals surface area contributed by atoms with E-state index >= 15 is 0 Å². The van der Waals surface area contributed by atoms with Crippen molar-refractivity contribution in [1.29, 1.82) is 0 Å². The summed E-state index contributed by atoms with van der Waals surface area (Å²) in [5.74, 6) is 0.766. The fourth-order valence-corrected chi connectivity index (χ4v) is 2.31. The number of hydrogen-bond donors (Lipinski definition) is 2. The first-order valence-corrected chi connectivity index (χ1v) is 7.24. The van der Waals surface area contributed by atoms with E-state index in [2.05, 4.69) is 17.1 Å². The zero-order chi connectivity index (χ0) is 13.7. The van der Waals surface area contributed by atoms with Gasteiger partial charge in [-0.2, -0.15) is 0 Å². The second kappa shape index (κ2) is 6.66. The van der Waals surface area contributed by atoms with Gasteiger partial charge >= 0.3 is 0 Å². The minimum absolute atomic E-state index is 0.638. The number of benzene rings is 1.